The first kappa shape index (κ1) is 30.2. The van der Waals surface area contributed by atoms with Crippen molar-refractivity contribution in [3.8, 4) is 0 Å². The first-order chi connectivity index (χ1) is 20.7. The predicted octanol–water partition coefficient (Wildman–Crippen LogP) is 4.66. The Morgan fingerprint density at radius 3 is 2.49 bits per heavy atom. The first-order valence-corrected chi connectivity index (χ1v) is 17.4. The zero-order chi connectivity index (χ0) is 30.2. The van der Waals surface area contributed by atoms with Crippen molar-refractivity contribution >= 4 is 21.6 Å². The van der Waals surface area contributed by atoms with Gasteiger partial charge < -0.3 is 24.8 Å². The number of likely N-dealkylation sites (tertiary alicyclic amines) is 1. The minimum absolute atomic E-state index is 0.0244. The van der Waals surface area contributed by atoms with E-state index in [0.29, 0.717) is 22.6 Å². The van der Waals surface area contributed by atoms with Crippen LogP contribution in [-0.4, -0.2) is 83.8 Å². The van der Waals surface area contributed by atoms with Gasteiger partial charge in [-0.1, -0.05) is 30.8 Å². The molecule has 4 aliphatic rings. The minimum Gasteiger partial charge on any atom is -0.446 e. The molecule has 3 aliphatic heterocycles. The molecule has 1 amide bonds. The van der Waals surface area contributed by atoms with Crippen molar-refractivity contribution < 1.29 is 17.9 Å². The third-order valence-electron chi connectivity index (χ3n) is 10.6. The van der Waals surface area contributed by atoms with Crippen LogP contribution in [0.1, 0.15) is 43.2 Å². The van der Waals surface area contributed by atoms with Crippen LogP contribution in [0.25, 0.3) is 0 Å². The number of hydrogen-bond acceptors (Lipinski definition) is 7. The summed E-state index contributed by atoms with van der Waals surface area (Å²) in [5.41, 5.74) is 3.97. The largest absolute Gasteiger partial charge is 0.446 e. The Balaban J connectivity index is 1.12. The summed E-state index contributed by atoms with van der Waals surface area (Å²) in [6.45, 7) is 10.7. The lowest BCUT2D eigenvalue weighted by Gasteiger charge is -2.54. The maximum atomic E-state index is 12.4. The van der Waals surface area contributed by atoms with Crippen molar-refractivity contribution in [1.29, 1.82) is 0 Å². The number of nitrogens with zero attached hydrogens (tertiary/aromatic N) is 3. The van der Waals surface area contributed by atoms with E-state index in [2.05, 4.69) is 57.9 Å². The smallest absolute Gasteiger partial charge is 0.407 e. The molecule has 8 nitrogen and oxygen atoms in total. The lowest BCUT2D eigenvalue weighted by Crippen LogP contribution is -2.58. The van der Waals surface area contributed by atoms with E-state index in [0.717, 1.165) is 89.0 Å². The predicted molar refractivity (Wildman–Crippen MR) is 170 cm³/mol. The van der Waals surface area contributed by atoms with Crippen LogP contribution in [0, 0.1) is 17.8 Å². The van der Waals surface area contributed by atoms with Crippen LogP contribution in [0.3, 0.4) is 0 Å². The number of amides is 1. The number of alkyl carbamates (subject to hydrolysis) is 1. The highest BCUT2D eigenvalue weighted by Crippen LogP contribution is 2.54. The average Bonchev–Trinajstić information content (AvgIpc) is 3.47. The Labute approximate surface area is 257 Å². The van der Waals surface area contributed by atoms with E-state index in [-0.39, 0.29) is 17.6 Å². The molecule has 3 fully saturated rings. The quantitative estimate of drug-likeness (QED) is 0.468. The highest BCUT2D eigenvalue weighted by atomic mass is 32.2. The van der Waals surface area contributed by atoms with Gasteiger partial charge in [-0.3, -0.25) is 0 Å². The van der Waals surface area contributed by atoms with E-state index < -0.39 is 9.84 Å². The molecule has 6 rings (SSSR count). The van der Waals surface area contributed by atoms with Gasteiger partial charge in [0.25, 0.3) is 0 Å². The van der Waals surface area contributed by atoms with E-state index in [1.54, 1.807) is 19.2 Å². The molecule has 9 heteroatoms. The molecule has 0 aromatic heterocycles. The minimum atomic E-state index is -3.40. The number of likely N-dealkylation sites (N-methyl/N-ethyl adjacent to an activating group) is 1. The number of nitrogens with one attached hydrogen (secondary N) is 1. The highest BCUT2D eigenvalue weighted by Gasteiger charge is 2.55. The van der Waals surface area contributed by atoms with Crippen molar-refractivity contribution in [3.63, 3.8) is 0 Å². The lowest BCUT2D eigenvalue weighted by atomic mass is 9.56. The number of piperidine rings is 1. The second-order valence-corrected chi connectivity index (χ2v) is 15.0. The molecule has 232 valence electrons. The maximum absolute atomic E-state index is 12.4. The number of anilines is 1. The molecule has 2 aromatic carbocycles. The Morgan fingerprint density at radius 1 is 1.07 bits per heavy atom. The van der Waals surface area contributed by atoms with Gasteiger partial charge >= 0.3 is 6.09 Å². The van der Waals surface area contributed by atoms with Crippen molar-refractivity contribution in [3.05, 3.63) is 71.6 Å². The number of carbonyl (C=O) groups excluding carboxylic acids is 1. The van der Waals surface area contributed by atoms with Crippen LogP contribution in [-0.2, 0) is 26.5 Å². The molecule has 0 bridgehead atoms. The standard InChI is InChI=1S/C34H46N4O4S/c1-4-43(40,41)29-14-12-28(13-15-29)38-21-25(22-38)20-37-18-16-27(17-19-37)34(31-10-7-11-32(31)42-33(39)35-2)24-36(3)23-26-8-5-6-9-30(26)34/h4-6,8-9,12-15,25,27,31-32H,1,7,10-11,16-24H2,2-3H3,(H,35,39). The van der Waals surface area contributed by atoms with E-state index in [9.17, 15) is 13.2 Å². The van der Waals surface area contributed by atoms with Gasteiger partial charge in [0.15, 0.2) is 9.84 Å². The van der Waals surface area contributed by atoms with Crippen LogP contribution in [0.5, 0.6) is 0 Å². The van der Waals surface area contributed by atoms with Gasteiger partial charge in [0.2, 0.25) is 0 Å². The van der Waals surface area contributed by atoms with Crippen LogP contribution >= 0.6 is 0 Å². The summed E-state index contributed by atoms with van der Waals surface area (Å²) in [7, 11) is 0.496. The molecule has 43 heavy (non-hydrogen) atoms. The van der Waals surface area contributed by atoms with Gasteiger partial charge in [-0.2, -0.15) is 0 Å². The Hall–Kier alpha value is -2.88. The molecule has 3 atom stereocenters. The summed E-state index contributed by atoms with van der Waals surface area (Å²) in [4.78, 5) is 20.1. The van der Waals surface area contributed by atoms with Gasteiger partial charge in [-0.25, -0.2) is 13.2 Å². The molecule has 1 aliphatic carbocycles. The van der Waals surface area contributed by atoms with Gasteiger partial charge in [0.05, 0.1) is 4.90 Å². The van der Waals surface area contributed by atoms with Gasteiger partial charge in [-0.15, -0.1) is 0 Å². The van der Waals surface area contributed by atoms with Gasteiger partial charge in [0, 0.05) is 68.1 Å². The van der Waals surface area contributed by atoms with Crippen molar-refractivity contribution in [2.24, 2.45) is 17.8 Å². The van der Waals surface area contributed by atoms with Crippen LogP contribution < -0.4 is 10.2 Å². The third kappa shape index (κ3) is 5.83. The fraction of sp³-hybridized carbons (Fsp3) is 0.559. The molecule has 3 unspecified atom stereocenters. The Bertz CT molecular complexity index is 1420. The molecule has 2 aromatic rings. The summed E-state index contributed by atoms with van der Waals surface area (Å²) < 4.78 is 30.1. The second-order valence-electron chi connectivity index (χ2n) is 13.2. The zero-order valence-electron chi connectivity index (χ0n) is 25.6. The topological polar surface area (TPSA) is 82.2 Å². The fourth-order valence-corrected chi connectivity index (χ4v) is 9.36. The average molecular weight is 607 g/mol. The van der Waals surface area contributed by atoms with E-state index in [4.69, 9.17) is 4.74 Å². The van der Waals surface area contributed by atoms with Crippen LogP contribution in [0.2, 0.25) is 0 Å². The first-order valence-electron chi connectivity index (χ1n) is 15.8. The molecule has 3 heterocycles. The number of hydrogen-bond donors (Lipinski definition) is 1. The number of ether oxygens (including phenoxy) is 1. The monoisotopic (exact) mass is 606 g/mol. The number of fused-ring (bicyclic) bond motifs is 1. The fourth-order valence-electron chi connectivity index (χ4n) is 8.65. The van der Waals surface area contributed by atoms with Gasteiger partial charge in [-0.05, 0) is 93.6 Å². The SMILES string of the molecule is C=CS(=O)(=O)c1ccc(N2CC(CN3CCC(C4(C5CCCC5OC(=O)NC)CN(C)Cc5ccccc54)CC3)C2)cc1. The maximum Gasteiger partial charge on any atom is 0.407 e. The summed E-state index contributed by atoms with van der Waals surface area (Å²) in [6, 6.07) is 16.2. The van der Waals surface area contributed by atoms with E-state index in [1.165, 1.54) is 11.1 Å². The normalized spacial score (nSPS) is 27.3. The summed E-state index contributed by atoms with van der Waals surface area (Å²) in [5.74, 6) is 1.47. The van der Waals surface area contributed by atoms with Crippen LogP contribution in [0.15, 0.2) is 65.4 Å². The summed E-state index contributed by atoms with van der Waals surface area (Å²) >= 11 is 0. The Morgan fingerprint density at radius 2 is 1.79 bits per heavy atom. The van der Waals surface area contributed by atoms with E-state index in [1.807, 2.05) is 12.1 Å². The van der Waals surface area contributed by atoms with Crippen LogP contribution in [0.4, 0.5) is 10.5 Å². The van der Waals surface area contributed by atoms with Crippen molar-refractivity contribution in [2.45, 2.75) is 55.1 Å². The third-order valence-corrected chi connectivity index (χ3v) is 12.0. The molecule has 1 N–H and O–H groups in total. The summed E-state index contributed by atoms with van der Waals surface area (Å²) in [5, 5.41) is 3.69. The second kappa shape index (κ2) is 12.3. The van der Waals surface area contributed by atoms with E-state index >= 15 is 0 Å². The highest BCUT2D eigenvalue weighted by molar-refractivity contribution is 7.94. The Kier molecular flexibility index (Phi) is 8.59. The number of benzene rings is 2. The molecule has 1 saturated carbocycles. The molecule has 0 spiro atoms. The number of carbonyl (C=O) groups is 1. The molecule has 2 saturated heterocycles. The van der Waals surface area contributed by atoms with Gasteiger partial charge in [0.1, 0.15) is 6.10 Å². The molecule has 0 radical (unpaired) electrons. The summed E-state index contributed by atoms with van der Waals surface area (Å²) in [6.07, 6.45) is 5.08. The van der Waals surface area contributed by atoms with Crippen molar-refractivity contribution in [2.75, 3.05) is 58.3 Å². The number of sulfone groups is 1. The lowest BCUT2D eigenvalue weighted by molar-refractivity contribution is -0.0106. The van der Waals surface area contributed by atoms with Crippen molar-refractivity contribution in [1.82, 2.24) is 15.1 Å². The molecular formula is C34H46N4O4S. The number of rotatable bonds is 8. The molecular weight excluding hydrogens is 560 g/mol. The zero-order valence-corrected chi connectivity index (χ0v) is 26.4.